The van der Waals surface area contributed by atoms with Gasteiger partial charge in [0.05, 0.1) is 6.61 Å². The van der Waals surface area contributed by atoms with E-state index in [1.807, 2.05) is 12.1 Å². The molecule has 0 aromatic heterocycles. The topological polar surface area (TPSA) is 23.5 Å². The number of piperidine rings is 1. The first kappa shape index (κ1) is 13.4. The van der Waals surface area contributed by atoms with Crippen molar-refractivity contribution in [3.8, 4) is 0 Å². The summed E-state index contributed by atoms with van der Waals surface area (Å²) in [6.45, 7) is 9.38. The van der Waals surface area contributed by atoms with Crippen molar-refractivity contribution in [3.63, 3.8) is 0 Å². The zero-order valence-electron chi connectivity index (χ0n) is 11.8. The molecule has 1 aliphatic heterocycles. The lowest BCUT2D eigenvalue weighted by Gasteiger charge is -2.40. The van der Waals surface area contributed by atoms with Crippen LogP contribution in [0.25, 0.3) is 0 Å². The van der Waals surface area contributed by atoms with Gasteiger partial charge in [-0.15, -0.1) is 0 Å². The second kappa shape index (κ2) is 5.31. The molecule has 0 aliphatic carbocycles. The summed E-state index contributed by atoms with van der Waals surface area (Å²) in [4.78, 5) is 2.42. The maximum Gasteiger partial charge on any atom is 0.0702 e. The highest BCUT2D eigenvalue weighted by Gasteiger charge is 2.29. The Hall–Kier alpha value is -1.02. The fourth-order valence-corrected chi connectivity index (χ4v) is 2.94. The van der Waals surface area contributed by atoms with E-state index in [1.54, 1.807) is 0 Å². The third kappa shape index (κ3) is 2.86. The SMILES string of the molecule is CC(C)(C)C1CCN(c2ccccc2CO)CC1. The zero-order valence-corrected chi connectivity index (χ0v) is 11.8. The average molecular weight is 247 g/mol. The molecule has 1 aliphatic rings. The molecule has 2 heteroatoms. The Bertz CT molecular complexity index is 386. The number of hydrogen-bond acceptors (Lipinski definition) is 2. The minimum atomic E-state index is 0.134. The Morgan fingerprint density at radius 2 is 1.78 bits per heavy atom. The number of aliphatic hydroxyl groups excluding tert-OH is 1. The maximum atomic E-state index is 9.40. The molecule has 1 fully saturated rings. The molecule has 100 valence electrons. The van der Waals surface area contributed by atoms with E-state index in [1.165, 1.54) is 18.5 Å². The van der Waals surface area contributed by atoms with E-state index in [0.29, 0.717) is 5.41 Å². The molecule has 1 saturated heterocycles. The molecule has 2 rings (SSSR count). The van der Waals surface area contributed by atoms with Crippen LogP contribution in [0.1, 0.15) is 39.2 Å². The van der Waals surface area contributed by atoms with Crippen LogP contribution in [0.15, 0.2) is 24.3 Å². The van der Waals surface area contributed by atoms with E-state index in [9.17, 15) is 5.11 Å². The van der Waals surface area contributed by atoms with Crippen molar-refractivity contribution in [1.29, 1.82) is 0 Å². The highest BCUT2D eigenvalue weighted by molar-refractivity contribution is 5.53. The fourth-order valence-electron chi connectivity index (χ4n) is 2.94. The number of rotatable bonds is 2. The van der Waals surface area contributed by atoms with Gasteiger partial charge in [0.2, 0.25) is 0 Å². The van der Waals surface area contributed by atoms with Gasteiger partial charge in [0.25, 0.3) is 0 Å². The summed E-state index contributed by atoms with van der Waals surface area (Å²) >= 11 is 0. The molecule has 0 bridgehead atoms. The molecule has 0 spiro atoms. The van der Waals surface area contributed by atoms with Crippen LogP contribution < -0.4 is 4.90 Å². The summed E-state index contributed by atoms with van der Waals surface area (Å²) in [6, 6.07) is 8.20. The first-order chi connectivity index (χ1) is 8.52. The highest BCUT2D eigenvalue weighted by Crippen LogP contribution is 2.36. The Morgan fingerprint density at radius 1 is 1.17 bits per heavy atom. The average Bonchev–Trinajstić information content (AvgIpc) is 2.38. The predicted octanol–water partition coefficient (Wildman–Crippen LogP) is 3.44. The molecule has 0 unspecified atom stereocenters. The van der Waals surface area contributed by atoms with Gasteiger partial charge in [-0.3, -0.25) is 0 Å². The molecule has 1 N–H and O–H groups in total. The smallest absolute Gasteiger partial charge is 0.0702 e. The molecule has 1 aromatic rings. The van der Waals surface area contributed by atoms with Gasteiger partial charge >= 0.3 is 0 Å². The van der Waals surface area contributed by atoms with Crippen LogP contribution in [0.5, 0.6) is 0 Å². The third-order valence-electron chi connectivity index (χ3n) is 4.22. The number of para-hydroxylation sites is 1. The maximum absolute atomic E-state index is 9.40. The molecule has 0 saturated carbocycles. The molecule has 0 radical (unpaired) electrons. The fraction of sp³-hybridized carbons (Fsp3) is 0.625. The van der Waals surface area contributed by atoms with E-state index in [2.05, 4.69) is 37.8 Å². The zero-order chi connectivity index (χ0) is 13.2. The summed E-state index contributed by atoms with van der Waals surface area (Å²) in [5.41, 5.74) is 2.68. The van der Waals surface area contributed by atoms with E-state index in [4.69, 9.17) is 0 Å². The summed E-state index contributed by atoms with van der Waals surface area (Å²) in [5, 5.41) is 9.40. The summed E-state index contributed by atoms with van der Waals surface area (Å²) in [6.07, 6.45) is 2.51. The van der Waals surface area contributed by atoms with Gasteiger partial charge in [-0.2, -0.15) is 0 Å². The van der Waals surface area contributed by atoms with Crippen molar-refractivity contribution in [2.45, 2.75) is 40.2 Å². The van der Waals surface area contributed by atoms with Crippen LogP contribution in [0.2, 0.25) is 0 Å². The number of hydrogen-bond donors (Lipinski definition) is 1. The highest BCUT2D eigenvalue weighted by atomic mass is 16.3. The van der Waals surface area contributed by atoms with Crippen LogP contribution in [0, 0.1) is 11.3 Å². The van der Waals surface area contributed by atoms with E-state index in [-0.39, 0.29) is 6.61 Å². The third-order valence-corrected chi connectivity index (χ3v) is 4.22. The van der Waals surface area contributed by atoms with Crippen molar-refractivity contribution >= 4 is 5.69 Å². The van der Waals surface area contributed by atoms with Crippen LogP contribution in [-0.4, -0.2) is 18.2 Å². The number of nitrogens with zero attached hydrogens (tertiary/aromatic N) is 1. The van der Waals surface area contributed by atoms with Crippen LogP contribution >= 0.6 is 0 Å². The second-order valence-electron chi connectivity index (χ2n) is 6.41. The van der Waals surface area contributed by atoms with E-state index >= 15 is 0 Å². The summed E-state index contributed by atoms with van der Waals surface area (Å²) in [5.74, 6) is 0.815. The van der Waals surface area contributed by atoms with E-state index < -0.39 is 0 Å². The molecular weight excluding hydrogens is 222 g/mol. The lowest BCUT2D eigenvalue weighted by molar-refractivity contribution is 0.198. The van der Waals surface area contributed by atoms with Crippen LogP contribution in [0.3, 0.4) is 0 Å². The molecule has 1 heterocycles. The first-order valence-corrected chi connectivity index (χ1v) is 6.96. The van der Waals surface area contributed by atoms with Crippen LogP contribution in [0.4, 0.5) is 5.69 Å². The molecule has 0 amide bonds. The van der Waals surface area contributed by atoms with Crippen molar-refractivity contribution in [2.24, 2.45) is 11.3 Å². The molecule has 18 heavy (non-hydrogen) atoms. The normalized spacial score (nSPS) is 18.1. The lowest BCUT2D eigenvalue weighted by Crippen LogP contribution is -2.38. The number of benzene rings is 1. The molecular formula is C16H25NO. The van der Waals surface area contributed by atoms with Gasteiger partial charge in [-0.25, -0.2) is 0 Å². The Morgan fingerprint density at radius 3 is 2.33 bits per heavy atom. The van der Waals surface area contributed by atoms with Crippen molar-refractivity contribution in [3.05, 3.63) is 29.8 Å². The number of anilines is 1. The van der Waals surface area contributed by atoms with Gasteiger partial charge in [0, 0.05) is 24.3 Å². The molecule has 2 nitrogen and oxygen atoms in total. The molecule has 0 atom stereocenters. The van der Waals surface area contributed by atoms with Gasteiger partial charge in [-0.05, 0) is 30.2 Å². The van der Waals surface area contributed by atoms with Gasteiger partial charge < -0.3 is 10.0 Å². The number of aliphatic hydroxyl groups is 1. The predicted molar refractivity (Wildman–Crippen MR) is 76.8 cm³/mol. The van der Waals surface area contributed by atoms with Crippen molar-refractivity contribution < 1.29 is 5.11 Å². The van der Waals surface area contributed by atoms with Crippen molar-refractivity contribution in [1.82, 2.24) is 0 Å². The second-order valence-corrected chi connectivity index (χ2v) is 6.41. The van der Waals surface area contributed by atoms with Crippen LogP contribution in [-0.2, 0) is 6.61 Å². The quantitative estimate of drug-likeness (QED) is 0.865. The Kier molecular flexibility index (Phi) is 3.96. The van der Waals surface area contributed by atoms with Gasteiger partial charge in [-0.1, -0.05) is 39.0 Å². The monoisotopic (exact) mass is 247 g/mol. The standard InChI is InChI=1S/C16H25NO/c1-16(2,3)14-8-10-17(11-9-14)15-7-5-4-6-13(15)12-18/h4-7,14,18H,8-12H2,1-3H3. The largest absolute Gasteiger partial charge is 0.392 e. The minimum absolute atomic E-state index is 0.134. The first-order valence-electron chi connectivity index (χ1n) is 6.96. The summed E-state index contributed by atoms with van der Waals surface area (Å²) < 4.78 is 0. The molecule has 1 aromatic carbocycles. The Labute approximate surface area is 111 Å². The van der Waals surface area contributed by atoms with Gasteiger partial charge in [0.1, 0.15) is 0 Å². The van der Waals surface area contributed by atoms with Gasteiger partial charge in [0.15, 0.2) is 0 Å². The lowest BCUT2D eigenvalue weighted by atomic mass is 9.75. The minimum Gasteiger partial charge on any atom is -0.392 e. The van der Waals surface area contributed by atoms with E-state index in [0.717, 1.165) is 24.6 Å². The Balaban J connectivity index is 2.06. The summed E-state index contributed by atoms with van der Waals surface area (Å²) in [7, 11) is 0. The van der Waals surface area contributed by atoms with Crippen molar-refractivity contribution in [2.75, 3.05) is 18.0 Å².